The van der Waals surface area contributed by atoms with Gasteiger partial charge >= 0.3 is 0 Å². The van der Waals surface area contributed by atoms with Gasteiger partial charge in [-0.05, 0) is 69.8 Å². The van der Waals surface area contributed by atoms with Gasteiger partial charge in [-0.25, -0.2) is 18.4 Å². The summed E-state index contributed by atoms with van der Waals surface area (Å²) in [5.41, 5.74) is 12.0. The van der Waals surface area contributed by atoms with Gasteiger partial charge in [0.2, 0.25) is 9.84 Å². The number of sulfone groups is 1. The van der Waals surface area contributed by atoms with Crippen molar-refractivity contribution in [2.45, 2.75) is 9.79 Å². The second-order valence-corrected chi connectivity index (χ2v) is 16.4. The Morgan fingerprint density at radius 3 is 1.50 bits per heavy atom. The average molecular weight is 765 g/mol. The van der Waals surface area contributed by atoms with E-state index in [4.69, 9.17) is 14.4 Å². The molecule has 0 N–H and O–H groups in total. The Balaban J connectivity index is 1.27. The fourth-order valence-corrected chi connectivity index (χ4v) is 10.1. The van der Waals surface area contributed by atoms with Crippen LogP contribution in [-0.2, 0) is 9.84 Å². The summed E-state index contributed by atoms with van der Waals surface area (Å²) in [5.74, 6) is 0.524. The molecule has 0 spiro atoms. The molecule has 11 rings (SSSR count). The zero-order valence-electron chi connectivity index (χ0n) is 31.0. The van der Waals surface area contributed by atoms with Crippen LogP contribution in [-0.4, -0.2) is 18.4 Å². The van der Waals surface area contributed by atoms with Crippen molar-refractivity contribution in [1.29, 1.82) is 0 Å². The fraction of sp³-hybridized carbons (Fsp3) is 0. The molecule has 274 valence electrons. The third kappa shape index (κ3) is 5.49. The predicted molar refractivity (Wildman–Crippen MR) is 233 cm³/mol. The average Bonchev–Trinajstić information content (AvgIpc) is 3.66. The summed E-state index contributed by atoms with van der Waals surface area (Å²) in [4.78, 5) is 10.7. The summed E-state index contributed by atoms with van der Waals surface area (Å²) in [5, 5.41) is 1.58. The van der Waals surface area contributed by atoms with E-state index in [0.717, 1.165) is 72.2 Å². The van der Waals surface area contributed by atoms with Gasteiger partial charge in [-0.15, -0.1) is 0 Å². The van der Waals surface area contributed by atoms with E-state index < -0.39 is 9.84 Å². The van der Waals surface area contributed by atoms with Crippen LogP contribution in [0.5, 0.6) is 0 Å². The van der Waals surface area contributed by atoms with E-state index in [2.05, 4.69) is 24.3 Å². The molecule has 58 heavy (non-hydrogen) atoms. The SMILES string of the molecule is O=S1(=O)c2ccccc2-c2ccccc2-c2ccccc2-c2ccc(-c3nc(-c4ccccc4)cc(-c4ccccc4)n3)cc2-c2cc3oc4ccccc4c3cc21. The fourth-order valence-electron chi connectivity index (χ4n) is 8.36. The van der Waals surface area contributed by atoms with Crippen molar-refractivity contribution in [2.75, 3.05) is 0 Å². The summed E-state index contributed by atoms with van der Waals surface area (Å²) >= 11 is 0. The van der Waals surface area contributed by atoms with Crippen LogP contribution in [0.3, 0.4) is 0 Å². The van der Waals surface area contributed by atoms with E-state index in [-0.39, 0.29) is 9.79 Å². The van der Waals surface area contributed by atoms with Crippen molar-refractivity contribution in [2.24, 2.45) is 0 Å². The molecule has 3 heterocycles. The van der Waals surface area contributed by atoms with Crippen molar-refractivity contribution in [3.63, 3.8) is 0 Å². The molecule has 0 aliphatic carbocycles. The lowest BCUT2D eigenvalue weighted by Crippen LogP contribution is -2.06. The first-order valence-electron chi connectivity index (χ1n) is 19.1. The van der Waals surface area contributed by atoms with Crippen molar-refractivity contribution < 1.29 is 12.8 Å². The Morgan fingerprint density at radius 1 is 0.345 bits per heavy atom. The zero-order valence-corrected chi connectivity index (χ0v) is 31.8. The second-order valence-electron chi connectivity index (χ2n) is 14.5. The Bertz CT molecular complexity index is 3300. The van der Waals surface area contributed by atoms with Gasteiger partial charge in [-0.2, -0.15) is 0 Å². The Labute approximate surface area is 335 Å². The first-order chi connectivity index (χ1) is 28.5. The number of hydrogen-bond acceptors (Lipinski definition) is 5. The largest absolute Gasteiger partial charge is 0.456 e. The van der Waals surface area contributed by atoms with Gasteiger partial charge < -0.3 is 4.42 Å². The first-order valence-corrected chi connectivity index (χ1v) is 20.6. The molecule has 0 saturated carbocycles. The minimum absolute atomic E-state index is 0.193. The molecule has 0 atom stereocenters. The van der Waals surface area contributed by atoms with Gasteiger partial charge in [0.15, 0.2) is 5.82 Å². The molecule has 5 nitrogen and oxygen atoms in total. The molecule has 0 amide bonds. The monoisotopic (exact) mass is 764 g/mol. The summed E-state index contributed by atoms with van der Waals surface area (Å²) in [6.45, 7) is 0. The van der Waals surface area contributed by atoms with Gasteiger partial charge in [0, 0.05) is 38.6 Å². The van der Waals surface area contributed by atoms with Crippen molar-refractivity contribution in [3.05, 3.63) is 194 Å². The molecule has 6 heteroatoms. The van der Waals surface area contributed by atoms with Gasteiger partial charge in [-0.3, -0.25) is 0 Å². The summed E-state index contributed by atoms with van der Waals surface area (Å²) < 4.78 is 37.6. The van der Waals surface area contributed by atoms with Gasteiger partial charge in [0.1, 0.15) is 11.2 Å². The normalized spacial score (nSPS) is 12.8. The van der Waals surface area contributed by atoms with Crippen LogP contribution in [0.15, 0.2) is 208 Å². The molecular formula is C52H32N2O3S. The molecule has 10 aromatic rings. The highest BCUT2D eigenvalue weighted by Gasteiger charge is 2.31. The summed E-state index contributed by atoms with van der Waals surface area (Å²) in [7, 11) is -4.16. The highest BCUT2D eigenvalue weighted by Crippen LogP contribution is 2.49. The Kier molecular flexibility index (Phi) is 7.81. The van der Waals surface area contributed by atoms with Crippen LogP contribution >= 0.6 is 0 Å². The van der Waals surface area contributed by atoms with Crippen LogP contribution in [0.25, 0.3) is 100 Å². The number of hydrogen-bond donors (Lipinski definition) is 0. The molecule has 0 radical (unpaired) electrons. The number of fused-ring (bicyclic) bond motifs is 12. The molecule has 1 aliphatic heterocycles. The highest BCUT2D eigenvalue weighted by atomic mass is 32.2. The Morgan fingerprint density at radius 2 is 0.862 bits per heavy atom. The smallest absolute Gasteiger partial charge is 0.207 e. The third-order valence-corrected chi connectivity index (χ3v) is 13.0. The predicted octanol–water partition coefficient (Wildman–Crippen LogP) is 13.2. The number of furan rings is 1. The van der Waals surface area contributed by atoms with Crippen LogP contribution in [0, 0.1) is 0 Å². The van der Waals surface area contributed by atoms with Crippen molar-refractivity contribution in [1.82, 2.24) is 9.97 Å². The standard InChI is InChI=1S/C52H32N2O3S/c55-58(56)50-26-14-12-24-42(50)39-22-10-9-20-37(39)36-19-7-8-21-38(36)40-28-27-35(29-43(40)45-30-49-44(31-51(45)58)41-23-11-13-25-48(41)57-49)52-53-46(33-15-3-1-4-16-33)32-47(54-52)34-17-5-2-6-18-34/h1-32H. The first kappa shape index (κ1) is 33.9. The number of aromatic nitrogens is 2. The quantitative estimate of drug-likeness (QED) is 0.179. The molecule has 0 saturated heterocycles. The molecule has 8 aromatic carbocycles. The van der Waals surface area contributed by atoms with E-state index in [0.29, 0.717) is 28.1 Å². The van der Waals surface area contributed by atoms with E-state index in [1.165, 1.54) is 0 Å². The van der Waals surface area contributed by atoms with Gasteiger partial charge in [-0.1, -0.05) is 158 Å². The Hall–Kier alpha value is -7.41. The molecule has 0 fully saturated rings. The van der Waals surface area contributed by atoms with Crippen LogP contribution < -0.4 is 0 Å². The lowest BCUT2D eigenvalue weighted by atomic mass is 9.86. The molecule has 0 unspecified atom stereocenters. The minimum atomic E-state index is -4.16. The van der Waals surface area contributed by atoms with E-state index in [1.54, 1.807) is 18.2 Å². The summed E-state index contributed by atoms with van der Waals surface area (Å²) in [6.07, 6.45) is 0. The molecule has 2 aromatic heterocycles. The molecule has 0 bridgehead atoms. The summed E-state index contributed by atoms with van der Waals surface area (Å²) in [6, 6.07) is 63.5. The van der Waals surface area contributed by atoms with Crippen molar-refractivity contribution >= 4 is 31.8 Å². The van der Waals surface area contributed by atoms with Gasteiger partial charge in [0.25, 0.3) is 0 Å². The van der Waals surface area contributed by atoms with Crippen LogP contribution in [0.2, 0.25) is 0 Å². The van der Waals surface area contributed by atoms with Gasteiger partial charge in [0.05, 0.1) is 21.2 Å². The maximum absolute atomic E-state index is 15.5. The number of rotatable bonds is 3. The maximum Gasteiger partial charge on any atom is 0.207 e. The number of para-hydroxylation sites is 1. The number of benzene rings is 8. The lowest BCUT2D eigenvalue weighted by Gasteiger charge is -2.18. The van der Waals surface area contributed by atoms with Crippen LogP contribution in [0.4, 0.5) is 0 Å². The molecular weight excluding hydrogens is 733 g/mol. The third-order valence-electron chi connectivity index (χ3n) is 11.1. The van der Waals surface area contributed by atoms with E-state index in [1.807, 2.05) is 152 Å². The van der Waals surface area contributed by atoms with E-state index in [9.17, 15) is 0 Å². The minimum Gasteiger partial charge on any atom is -0.456 e. The second kappa shape index (κ2) is 13.4. The van der Waals surface area contributed by atoms with Crippen molar-refractivity contribution in [3.8, 4) is 78.4 Å². The highest BCUT2D eigenvalue weighted by molar-refractivity contribution is 7.91. The maximum atomic E-state index is 15.5. The van der Waals surface area contributed by atoms with E-state index >= 15 is 8.42 Å². The van der Waals surface area contributed by atoms with Crippen LogP contribution in [0.1, 0.15) is 0 Å². The molecule has 1 aliphatic rings. The number of nitrogens with zero attached hydrogens (tertiary/aromatic N) is 2. The topological polar surface area (TPSA) is 73.1 Å². The zero-order chi connectivity index (χ0) is 38.8. The lowest BCUT2D eigenvalue weighted by molar-refractivity contribution is 0.596.